The molecule has 0 aliphatic heterocycles. The van der Waals surface area contributed by atoms with Gasteiger partial charge in [-0.05, 0) is 37.5 Å². The van der Waals surface area contributed by atoms with Crippen molar-refractivity contribution in [3.8, 4) is 0 Å². The van der Waals surface area contributed by atoms with Gasteiger partial charge in [0.05, 0.1) is 26.4 Å². The van der Waals surface area contributed by atoms with Gasteiger partial charge in [-0.3, -0.25) is 37.3 Å². The lowest BCUT2D eigenvalue weighted by Crippen LogP contribution is -2.30. The lowest BCUT2D eigenvalue weighted by Gasteiger charge is -2.21. The minimum Gasteiger partial charge on any atom is -0.462 e. The second-order valence-corrected chi connectivity index (χ2v) is 30.2. The van der Waals surface area contributed by atoms with Crippen molar-refractivity contribution < 1.29 is 80.2 Å². The molecule has 0 saturated heterocycles. The first kappa shape index (κ1) is 90.1. The number of phosphoric ester groups is 2. The van der Waals surface area contributed by atoms with E-state index in [0.717, 1.165) is 95.8 Å². The summed E-state index contributed by atoms with van der Waals surface area (Å²) in [5.41, 5.74) is 0. The Kier molecular flexibility index (Phi) is 63.7. The first-order chi connectivity index (χ1) is 44.4. The van der Waals surface area contributed by atoms with Gasteiger partial charge in [0.15, 0.2) is 12.2 Å². The highest BCUT2D eigenvalue weighted by Crippen LogP contribution is 2.45. The molecule has 19 heteroatoms. The molecule has 17 nitrogen and oxygen atoms in total. The quantitative estimate of drug-likeness (QED) is 0.0222. The molecular formula is C73H142O17P2. The number of carbonyl (C=O) groups excluding carboxylic acids is 4. The van der Waals surface area contributed by atoms with E-state index < -0.39 is 97.5 Å². The maximum absolute atomic E-state index is 13.0. The largest absolute Gasteiger partial charge is 0.472 e. The summed E-state index contributed by atoms with van der Waals surface area (Å²) in [7, 11) is -9.90. The molecule has 0 aromatic carbocycles. The lowest BCUT2D eigenvalue weighted by atomic mass is 10.0. The van der Waals surface area contributed by atoms with Crippen LogP contribution in [0.5, 0.6) is 0 Å². The highest BCUT2D eigenvalue weighted by atomic mass is 31.2. The van der Waals surface area contributed by atoms with Crippen molar-refractivity contribution in [2.45, 2.75) is 394 Å². The number of aliphatic hydroxyl groups is 1. The molecule has 2 unspecified atom stereocenters. The molecule has 0 radical (unpaired) electrons. The average Bonchev–Trinajstić information content (AvgIpc) is 3.53. The molecule has 5 atom stereocenters. The van der Waals surface area contributed by atoms with E-state index in [1.165, 1.54) is 193 Å². The Bertz CT molecular complexity index is 1790. The van der Waals surface area contributed by atoms with Crippen molar-refractivity contribution >= 4 is 39.5 Å². The monoisotopic (exact) mass is 1350 g/mol. The minimum atomic E-state index is -4.95. The summed E-state index contributed by atoms with van der Waals surface area (Å²) >= 11 is 0. The maximum Gasteiger partial charge on any atom is 0.472 e. The highest BCUT2D eigenvalue weighted by molar-refractivity contribution is 7.47. The van der Waals surface area contributed by atoms with Gasteiger partial charge in [-0.15, -0.1) is 0 Å². The van der Waals surface area contributed by atoms with Crippen molar-refractivity contribution in [2.75, 3.05) is 39.6 Å². The molecule has 0 heterocycles. The average molecular weight is 1350 g/mol. The number of carbonyl (C=O) groups is 4. The van der Waals surface area contributed by atoms with E-state index in [0.29, 0.717) is 31.6 Å². The van der Waals surface area contributed by atoms with Gasteiger partial charge in [0.25, 0.3) is 0 Å². The zero-order chi connectivity index (χ0) is 67.9. The maximum atomic E-state index is 13.0. The fourth-order valence-corrected chi connectivity index (χ4v) is 12.7. The van der Waals surface area contributed by atoms with Crippen molar-refractivity contribution in [2.24, 2.45) is 11.8 Å². The third kappa shape index (κ3) is 66.7. The minimum absolute atomic E-state index is 0.104. The number of esters is 4. The predicted molar refractivity (Wildman–Crippen MR) is 372 cm³/mol. The molecule has 0 bridgehead atoms. The number of rotatable bonds is 72. The molecule has 0 aromatic heterocycles. The summed E-state index contributed by atoms with van der Waals surface area (Å²) in [6, 6.07) is 0. The summed E-state index contributed by atoms with van der Waals surface area (Å²) < 4.78 is 68.3. The zero-order valence-corrected chi connectivity index (χ0v) is 61.6. The van der Waals surface area contributed by atoms with Crippen molar-refractivity contribution in [1.29, 1.82) is 0 Å². The first-order valence-electron chi connectivity index (χ1n) is 38.0. The van der Waals surface area contributed by atoms with Crippen LogP contribution >= 0.6 is 15.6 Å². The van der Waals surface area contributed by atoms with Gasteiger partial charge in [0.2, 0.25) is 0 Å². The molecule has 0 aliphatic carbocycles. The van der Waals surface area contributed by atoms with Gasteiger partial charge < -0.3 is 33.8 Å². The lowest BCUT2D eigenvalue weighted by molar-refractivity contribution is -0.161. The van der Waals surface area contributed by atoms with Crippen LogP contribution in [0, 0.1) is 11.8 Å². The van der Waals surface area contributed by atoms with E-state index in [2.05, 4.69) is 41.5 Å². The number of unbranched alkanes of at least 4 members (excludes halogenated alkanes) is 42. The molecule has 0 fully saturated rings. The molecule has 0 saturated carbocycles. The van der Waals surface area contributed by atoms with E-state index in [1.807, 2.05) is 0 Å². The molecule has 92 heavy (non-hydrogen) atoms. The standard InChI is InChI=1S/C73H142O17P2/c1-7-9-11-13-15-17-27-32-38-44-50-56-71(76)84-61-68(89-72(77)57-51-45-39-33-29-26-24-22-20-19-21-23-25-28-30-35-41-47-53-65(3)4)63-87-91(79,80)85-59-67(74)60-86-92(81,82)88-64-69(90-73(78)58-52-46-40-34-36-42-48-54-66(5)6)62-83-70(75)55-49-43-37-31-18-16-14-12-10-8-2/h65-69,74H,7-64H2,1-6H3,(H,79,80)(H,81,82)/t67-,68-,69-/m1/s1. The molecule has 0 spiro atoms. The molecule has 3 N–H and O–H groups in total. The SMILES string of the molecule is CCCCCCCCCCCCCC(=O)OC[C@H](COP(=O)(O)OC[C@@H](O)COP(=O)(O)OC[C@@H](COC(=O)CCCCCCCCCCCC)OC(=O)CCCCCCCCCC(C)C)OC(=O)CCCCCCCCCCCCCCCCCCCCC(C)C. The van der Waals surface area contributed by atoms with E-state index in [4.69, 9.17) is 37.0 Å². The van der Waals surface area contributed by atoms with Crippen LogP contribution in [0.1, 0.15) is 375 Å². The summed E-state index contributed by atoms with van der Waals surface area (Å²) in [6.45, 7) is 9.53. The van der Waals surface area contributed by atoms with Crippen LogP contribution in [0.3, 0.4) is 0 Å². The van der Waals surface area contributed by atoms with E-state index in [9.17, 15) is 43.2 Å². The molecule has 0 aliphatic rings. The van der Waals surface area contributed by atoms with Crippen LogP contribution in [0.15, 0.2) is 0 Å². The first-order valence-corrected chi connectivity index (χ1v) is 41.0. The fraction of sp³-hybridized carbons (Fsp3) is 0.945. The van der Waals surface area contributed by atoms with Crippen LogP contribution in [0.4, 0.5) is 0 Å². The Morgan fingerprint density at radius 1 is 0.293 bits per heavy atom. The van der Waals surface area contributed by atoms with Gasteiger partial charge in [-0.25, -0.2) is 9.13 Å². The van der Waals surface area contributed by atoms with Gasteiger partial charge in [0.1, 0.15) is 19.3 Å². The van der Waals surface area contributed by atoms with Crippen LogP contribution in [0.2, 0.25) is 0 Å². The van der Waals surface area contributed by atoms with E-state index >= 15 is 0 Å². The number of hydrogen-bond donors (Lipinski definition) is 3. The van der Waals surface area contributed by atoms with Crippen molar-refractivity contribution in [3.05, 3.63) is 0 Å². The Morgan fingerprint density at radius 3 is 0.739 bits per heavy atom. The summed E-state index contributed by atoms with van der Waals surface area (Å²) in [4.78, 5) is 72.5. The molecule has 546 valence electrons. The molecule has 0 aromatic rings. The van der Waals surface area contributed by atoms with Gasteiger partial charge in [-0.1, -0.05) is 324 Å². The number of aliphatic hydroxyl groups excluding tert-OH is 1. The molecule has 0 rings (SSSR count). The number of phosphoric acid groups is 2. The second kappa shape index (κ2) is 65.0. The molecular weight excluding hydrogens is 1210 g/mol. The predicted octanol–water partition coefficient (Wildman–Crippen LogP) is 21.2. The Hall–Kier alpha value is -1.94. The van der Waals surface area contributed by atoms with E-state index in [-0.39, 0.29) is 25.7 Å². The fourth-order valence-electron chi connectivity index (χ4n) is 11.1. The van der Waals surface area contributed by atoms with Gasteiger partial charge >= 0.3 is 39.5 Å². The Balaban J connectivity index is 5.16. The topological polar surface area (TPSA) is 237 Å². The number of ether oxygens (including phenoxy) is 4. The number of hydrogen-bond acceptors (Lipinski definition) is 15. The normalized spacial score (nSPS) is 14.1. The van der Waals surface area contributed by atoms with Crippen LogP contribution in [0.25, 0.3) is 0 Å². The summed E-state index contributed by atoms with van der Waals surface area (Å²) in [5.74, 6) is -0.606. The Morgan fingerprint density at radius 2 is 0.500 bits per heavy atom. The zero-order valence-electron chi connectivity index (χ0n) is 59.9. The van der Waals surface area contributed by atoms with Gasteiger partial charge in [-0.2, -0.15) is 0 Å². The van der Waals surface area contributed by atoms with Crippen LogP contribution in [-0.2, 0) is 65.4 Å². The van der Waals surface area contributed by atoms with Crippen LogP contribution in [-0.4, -0.2) is 96.7 Å². The summed E-state index contributed by atoms with van der Waals surface area (Å²) in [6.07, 6.45) is 51.5. The highest BCUT2D eigenvalue weighted by Gasteiger charge is 2.30. The smallest absolute Gasteiger partial charge is 0.462 e. The van der Waals surface area contributed by atoms with Gasteiger partial charge in [0, 0.05) is 25.7 Å². The van der Waals surface area contributed by atoms with Crippen molar-refractivity contribution in [1.82, 2.24) is 0 Å². The summed E-state index contributed by atoms with van der Waals surface area (Å²) in [5, 5.41) is 10.6. The second-order valence-electron chi connectivity index (χ2n) is 27.3. The van der Waals surface area contributed by atoms with E-state index in [1.54, 1.807) is 0 Å². The van der Waals surface area contributed by atoms with Crippen molar-refractivity contribution in [3.63, 3.8) is 0 Å². The third-order valence-corrected chi connectivity index (χ3v) is 18.9. The van der Waals surface area contributed by atoms with Crippen LogP contribution < -0.4 is 0 Å². The Labute approximate surface area is 562 Å². The third-order valence-electron chi connectivity index (χ3n) is 17.0. The molecule has 0 amide bonds.